The fraction of sp³-hybridized carbons (Fsp3) is 0.412. The van der Waals surface area contributed by atoms with E-state index in [1.807, 2.05) is 40.2 Å². The highest BCUT2D eigenvalue weighted by molar-refractivity contribution is 7.13. The van der Waals surface area contributed by atoms with Gasteiger partial charge in [0.05, 0.1) is 4.88 Å². The van der Waals surface area contributed by atoms with E-state index in [2.05, 4.69) is 20.4 Å². The number of hydrogen-bond acceptors (Lipinski definition) is 7. The minimum atomic E-state index is -0.0550. The van der Waals surface area contributed by atoms with Crippen LogP contribution in [0.25, 0.3) is 10.7 Å². The van der Waals surface area contributed by atoms with Gasteiger partial charge in [0.15, 0.2) is 0 Å². The third-order valence-electron chi connectivity index (χ3n) is 4.48. The van der Waals surface area contributed by atoms with Crippen LogP contribution in [-0.4, -0.2) is 50.1 Å². The third kappa shape index (κ3) is 3.40. The van der Waals surface area contributed by atoms with Crippen LogP contribution in [0.5, 0.6) is 0 Å². The van der Waals surface area contributed by atoms with Gasteiger partial charge in [-0.15, -0.1) is 11.3 Å². The van der Waals surface area contributed by atoms with Crippen molar-refractivity contribution in [2.45, 2.75) is 18.9 Å². The topological polar surface area (TPSA) is 89.1 Å². The van der Waals surface area contributed by atoms with Crippen molar-refractivity contribution in [3.8, 4) is 10.7 Å². The number of aromatic nitrogens is 4. The number of hydrogen-bond donors (Lipinski definition) is 1. The standard InChI is InChI=1S/C17H20N6O2S/c1-22-8-7-19-17(22)12-11-18-6-9-23(12)15(24)5-4-14-20-16(21-25-14)13-3-2-10-26-13/h2-3,7-8,10,12,18H,4-6,9,11H2,1H3. The van der Waals surface area contributed by atoms with E-state index < -0.39 is 0 Å². The molecule has 0 radical (unpaired) electrons. The van der Waals surface area contributed by atoms with E-state index in [4.69, 9.17) is 4.52 Å². The van der Waals surface area contributed by atoms with E-state index in [9.17, 15) is 4.79 Å². The second-order valence-corrected chi connectivity index (χ2v) is 7.14. The van der Waals surface area contributed by atoms with Crippen LogP contribution >= 0.6 is 11.3 Å². The van der Waals surface area contributed by atoms with Crippen LogP contribution in [0.3, 0.4) is 0 Å². The molecule has 1 amide bonds. The number of nitrogens with one attached hydrogen (secondary N) is 1. The first kappa shape index (κ1) is 16.9. The molecule has 3 aromatic heterocycles. The lowest BCUT2D eigenvalue weighted by molar-refractivity contribution is -0.134. The van der Waals surface area contributed by atoms with Crippen molar-refractivity contribution in [2.24, 2.45) is 7.05 Å². The van der Waals surface area contributed by atoms with Crippen molar-refractivity contribution < 1.29 is 9.32 Å². The van der Waals surface area contributed by atoms with E-state index in [-0.39, 0.29) is 11.9 Å². The number of amides is 1. The fourth-order valence-corrected chi connectivity index (χ4v) is 3.80. The van der Waals surface area contributed by atoms with E-state index in [1.54, 1.807) is 17.5 Å². The number of carbonyl (C=O) groups is 1. The SMILES string of the molecule is Cn1ccnc1C1CNCCN1C(=O)CCc1nc(-c2cccs2)no1. The number of rotatable bonds is 5. The lowest BCUT2D eigenvalue weighted by Gasteiger charge is -2.35. The van der Waals surface area contributed by atoms with E-state index >= 15 is 0 Å². The highest BCUT2D eigenvalue weighted by atomic mass is 32.1. The molecule has 0 bridgehead atoms. The molecular formula is C17H20N6O2S. The van der Waals surface area contributed by atoms with Gasteiger partial charge < -0.3 is 19.3 Å². The largest absolute Gasteiger partial charge is 0.339 e. The molecule has 0 aromatic carbocycles. The molecule has 1 unspecified atom stereocenters. The normalized spacial score (nSPS) is 17.6. The van der Waals surface area contributed by atoms with Gasteiger partial charge in [-0.3, -0.25) is 4.79 Å². The molecule has 4 heterocycles. The van der Waals surface area contributed by atoms with E-state index in [0.717, 1.165) is 17.2 Å². The number of piperazine rings is 1. The Kier molecular flexibility index (Phi) is 4.81. The Balaban J connectivity index is 1.41. The van der Waals surface area contributed by atoms with Gasteiger partial charge in [-0.2, -0.15) is 4.98 Å². The minimum Gasteiger partial charge on any atom is -0.339 e. The zero-order valence-corrected chi connectivity index (χ0v) is 15.3. The maximum atomic E-state index is 12.8. The van der Waals surface area contributed by atoms with Gasteiger partial charge in [0, 0.05) is 51.9 Å². The zero-order valence-electron chi connectivity index (χ0n) is 14.5. The number of carbonyl (C=O) groups excluding carboxylic acids is 1. The molecular weight excluding hydrogens is 352 g/mol. The molecule has 0 spiro atoms. The molecule has 9 heteroatoms. The van der Waals surface area contributed by atoms with Crippen LogP contribution in [-0.2, 0) is 18.3 Å². The van der Waals surface area contributed by atoms with Gasteiger partial charge in [-0.25, -0.2) is 4.98 Å². The molecule has 1 fully saturated rings. The molecule has 1 saturated heterocycles. The van der Waals surface area contributed by atoms with Crippen molar-refractivity contribution in [1.29, 1.82) is 0 Å². The van der Waals surface area contributed by atoms with Crippen LogP contribution < -0.4 is 5.32 Å². The summed E-state index contributed by atoms with van der Waals surface area (Å²) in [6, 6.07) is 3.84. The third-order valence-corrected chi connectivity index (χ3v) is 5.35. The summed E-state index contributed by atoms with van der Waals surface area (Å²) in [5.41, 5.74) is 0. The molecule has 26 heavy (non-hydrogen) atoms. The van der Waals surface area contributed by atoms with Crippen molar-refractivity contribution in [2.75, 3.05) is 19.6 Å². The Bertz CT molecular complexity index is 872. The average molecular weight is 372 g/mol. The fourth-order valence-electron chi connectivity index (χ4n) is 3.15. The van der Waals surface area contributed by atoms with Gasteiger partial charge in [0.25, 0.3) is 0 Å². The summed E-state index contributed by atoms with van der Waals surface area (Å²) in [5, 5.41) is 9.30. The zero-order chi connectivity index (χ0) is 17.9. The van der Waals surface area contributed by atoms with Gasteiger partial charge >= 0.3 is 0 Å². The van der Waals surface area contributed by atoms with Crippen molar-refractivity contribution in [3.05, 3.63) is 41.6 Å². The van der Waals surface area contributed by atoms with Crippen LogP contribution in [0.15, 0.2) is 34.4 Å². The maximum Gasteiger partial charge on any atom is 0.227 e. The number of aryl methyl sites for hydroxylation is 2. The Morgan fingerprint density at radius 3 is 3.19 bits per heavy atom. The summed E-state index contributed by atoms with van der Waals surface area (Å²) in [6.07, 6.45) is 4.44. The lowest BCUT2D eigenvalue weighted by Crippen LogP contribution is -2.49. The van der Waals surface area contributed by atoms with E-state index in [1.165, 1.54) is 0 Å². The van der Waals surface area contributed by atoms with Crippen LogP contribution in [0.2, 0.25) is 0 Å². The summed E-state index contributed by atoms with van der Waals surface area (Å²) in [4.78, 5) is 24.5. The summed E-state index contributed by atoms with van der Waals surface area (Å²) in [5.74, 6) is 2.04. The molecule has 1 aliphatic rings. The second-order valence-electron chi connectivity index (χ2n) is 6.19. The van der Waals surface area contributed by atoms with Crippen molar-refractivity contribution in [1.82, 2.24) is 29.9 Å². The van der Waals surface area contributed by atoms with Crippen molar-refractivity contribution >= 4 is 17.2 Å². The average Bonchev–Trinajstić information content (AvgIpc) is 3.41. The lowest BCUT2D eigenvalue weighted by atomic mass is 10.1. The minimum absolute atomic E-state index is 0.0550. The van der Waals surface area contributed by atoms with Crippen LogP contribution in [0.1, 0.15) is 24.2 Å². The molecule has 1 atom stereocenters. The molecule has 0 aliphatic carbocycles. The first-order valence-electron chi connectivity index (χ1n) is 8.56. The maximum absolute atomic E-state index is 12.8. The highest BCUT2D eigenvalue weighted by Gasteiger charge is 2.30. The van der Waals surface area contributed by atoms with Gasteiger partial charge in [0.1, 0.15) is 11.9 Å². The predicted octanol–water partition coefficient (Wildman–Crippen LogP) is 1.64. The molecule has 1 aliphatic heterocycles. The second kappa shape index (κ2) is 7.38. The van der Waals surface area contributed by atoms with Crippen LogP contribution in [0.4, 0.5) is 0 Å². The summed E-state index contributed by atoms with van der Waals surface area (Å²) < 4.78 is 7.25. The Labute approximate surface area is 154 Å². The molecule has 1 N–H and O–H groups in total. The van der Waals surface area contributed by atoms with Gasteiger partial charge in [0.2, 0.25) is 17.6 Å². The first-order chi connectivity index (χ1) is 12.7. The first-order valence-corrected chi connectivity index (χ1v) is 9.44. The molecule has 3 aromatic rings. The molecule has 136 valence electrons. The summed E-state index contributed by atoms with van der Waals surface area (Å²) >= 11 is 1.56. The number of imidazole rings is 1. The molecule has 0 saturated carbocycles. The smallest absolute Gasteiger partial charge is 0.227 e. The highest BCUT2D eigenvalue weighted by Crippen LogP contribution is 2.23. The number of nitrogens with zero attached hydrogens (tertiary/aromatic N) is 5. The van der Waals surface area contributed by atoms with Crippen LogP contribution in [0, 0.1) is 0 Å². The quantitative estimate of drug-likeness (QED) is 0.732. The predicted molar refractivity (Wildman–Crippen MR) is 96.5 cm³/mol. The Hall–Kier alpha value is -2.52. The summed E-state index contributed by atoms with van der Waals surface area (Å²) in [7, 11) is 1.95. The van der Waals surface area contributed by atoms with Gasteiger partial charge in [-0.1, -0.05) is 11.2 Å². The Morgan fingerprint density at radius 1 is 1.50 bits per heavy atom. The molecule has 4 rings (SSSR count). The van der Waals surface area contributed by atoms with Gasteiger partial charge in [-0.05, 0) is 11.4 Å². The summed E-state index contributed by atoms with van der Waals surface area (Å²) in [6.45, 7) is 2.16. The number of thiophene rings is 1. The van der Waals surface area contributed by atoms with E-state index in [0.29, 0.717) is 37.6 Å². The monoisotopic (exact) mass is 372 g/mol. The Morgan fingerprint density at radius 2 is 2.42 bits per heavy atom. The van der Waals surface area contributed by atoms with Crippen molar-refractivity contribution in [3.63, 3.8) is 0 Å². The molecule has 8 nitrogen and oxygen atoms in total.